The van der Waals surface area contributed by atoms with Gasteiger partial charge in [0.05, 0.1) is 24.8 Å². The van der Waals surface area contributed by atoms with Crippen molar-refractivity contribution in [1.82, 2.24) is 10.6 Å². The zero-order valence-corrected chi connectivity index (χ0v) is 22.0. The van der Waals surface area contributed by atoms with Gasteiger partial charge in [-0.2, -0.15) is 0 Å². The minimum absolute atomic E-state index is 0.0753. The molecule has 8 heteroatoms. The lowest BCUT2D eigenvalue weighted by Gasteiger charge is -2.61. The van der Waals surface area contributed by atoms with Gasteiger partial charge in [0.2, 0.25) is 0 Å². The number of methoxy groups -OCH3 is 1. The topological polar surface area (TPSA) is 89.8 Å². The molecule has 1 aromatic heterocycles. The number of benzene rings is 3. The molecular formula is C31H29FN2O5. The Labute approximate surface area is 225 Å². The van der Waals surface area contributed by atoms with Crippen LogP contribution in [0, 0.1) is 11.7 Å². The molecule has 3 saturated carbocycles. The molecule has 0 spiro atoms. The summed E-state index contributed by atoms with van der Waals surface area (Å²) in [6.07, 6.45) is 3.10. The fraction of sp³-hybridized carbons (Fsp3) is 0.290. The van der Waals surface area contributed by atoms with Crippen molar-refractivity contribution >= 4 is 22.8 Å². The summed E-state index contributed by atoms with van der Waals surface area (Å²) in [5, 5.41) is 6.46. The Kier molecular flexibility index (Phi) is 6.05. The van der Waals surface area contributed by atoms with E-state index >= 15 is 0 Å². The molecule has 3 aliphatic carbocycles. The molecule has 2 N–H and O–H groups in total. The van der Waals surface area contributed by atoms with E-state index in [0.717, 1.165) is 30.7 Å². The monoisotopic (exact) mass is 528 g/mol. The van der Waals surface area contributed by atoms with Crippen LogP contribution in [-0.2, 0) is 0 Å². The highest BCUT2D eigenvalue weighted by molar-refractivity contribution is 6.12. The molecule has 3 aromatic carbocycles. The molecule has 0 aliphatic heterocycles. The third-order valence-electron chi connectivity index (χ3n) is 7.82. The second-order valence-electron chi connectivity index (χ2n) is 10.3. The van der Waals surface area contributed by atoms with E-state index in [1.807, 2.05) is 19.1 Å². The van der Waals surface area contributed by atoms with Crippen molar-refractivity contribution in [2.75, 3.05) is 20.8 Å². The highest BCUT2D eigenvalue weighted by Gasteiger charge is 2.57. The number of halogens is 1. The van der Waals surface area contributed by atoms with Crippen LogP contribution in [0.2, 0.25) is 0 Å². The average Bonchev–Trinajstić information content (AvgIpc) is 3.27. The van der Waals surface area contributed by atoms with Crippen molar-refractivity contribution in [1.29, 1.82) is 0 Å². The molecular weight excluding hydrogens is 499 g/mol. The summed E-state index contributed by atoms with van der Waals surface area (Å²) >= 11 is 0. The molecule has 0 atom stereocenters. The fourth-order valence-corrected chi connectivity index (χ4v) is 5.77. The molecule has 7 rings (SSSR count). The van der Waals surface area contributed by atoms with Crippen molar-refractivity contribution in [3.05, 3.63) is 71.5 Å². The highest BCUT2D eigenvalue weighted by Crippen LogP contribution is 2.57. The van der Waals surface area contributed by atoms with Gasteiger partial charge >= 0.3 is 0 Å². The number of carbonyl (C=O) groups is 2. The van der Waals surface area contributed by atoms with Gasteiger partial charge in [-0.1, -0.05) is 6.07 Å². The first-order valence-corrected chi connectivity index (χ1v) is 13.1. The van der Waals surface area contributed by atoms with Crippen LogP contribution in [0.15, 0.2) is 59.0 Å². The summed E-state index contributed by atoms with van der Waals surface area (Å²) in [5.74, 6) is 1.21. The molecule has 0 radical (unpaired) electrons. The molecule has 4 aromatic rings. The van der Waals surface area contributed by atoms with Crippen molar-refractivity contribution in [3.8, 4) is 33.9 Å². The predicted octanol–water partition coefficient (Wildman–Crippen LogP) is 5.96. The van der Waals surface area contributed by atoms with Crippen LogP contribution >= 0.6 is 0 Å². The van der Waals surface area contributed by atoms with E-state index < -0.39 is 0 Å². The number of hydrogen-bond donors (Lipinski definition) is 2. The standard InChI is InChI=1S/C31H29FN2O5/c1-4-38-25-13-26-22(27(30(36)33-2)28(39-26)18-5-8-20(32)9-6-18)12-21(25)19-7-10-24(37-3)23(11-19)29(35)34-31-14-17(15-31)16-31/h5-13,17H,4,14-16H2,1-3H3,(H,33,36)(H,34,35). The van der Waals surface area contributed by atoms with E-state index in [1.54, 1.807) is 44.5 Å². The average molecular weight is 529 g/mol. The maximum absolute atomic E-state index is 13.6. The smallest absolute Gasteiger partial charge is 0.255 e. The van der Waals surface area contributed by atoms with Crippen molar-refractivity contribution in [2.24, 2.45) is 5.92 Å². The van der Waals surface area contributed by atoms with Crippen LogP contribution in [0.25, 0.3) is 33.4 Å². The Balaban J connectivity index is 1.49. The first kappa shape index (κ1) is 25.0. The summed E-state index contributed by atoms with van der Waals surface area (Å²) < 4.78 is 31.3. The van der Waals surface area contributed by atoms with Gasteiger partial charge in [0, 0.05) is 35.2 Å². The summed E-state index contributed by atoms with van der Waals surface area (Å²) in [5.41, 5.74) is 3.15. The first-order valence-electron chi connectivity index (χ1n) is 13.1. The van der Waals surface area contributed by atoms with Crippen molar-refractivity contribution in [3.63, 3.8) is 0 Å². The zero-order chi connectivity index (χ0) is 27.3. The maximum Gasteiger partial charge on any atom is 0.255 e. The van der Waals surface area contributed by atoms with E-state index in [-0.39, 0.29) is 23.2 Å². The van der Waals surface area contributed by atoms with Gasteiger partial charge in [0.25, 0.3) is 11.8 Å². The third kappa shape index (κ3) is 4.20. The summed E-state index contributed by atoms with van der Waals surface area (Å²) in [4.78, 5) is 26.4. The number of rotatable bonds is 8. The third-order valence-corrected chi connectivity index (χ3v) is 7.82. The van der Waals surface area contributed by atoms with Crippen LogP contribution in [-0.4, -0.2) is 38.1 Å². The number of amides is 2. The van der Waals surface area contributed by atoms with Gasteiger partial charge in [-0.15, -0.1) is 0 Å². The molecule has 0 unspecified atom stereocenters. The molecule has 1 heterocycles. The molecule has 2 bridgehead atoms. The zero-order valence-electron chi connectivity index (χ0n) is 22.0. The lowest BCUT2D eigenvalue weighted by Crippen LogP contribution is -2.68. The molecule has 2 amide bonds. The quantitative estimate of drug-likeness (QED) is 0.295. The first-order chi connectivity index (χ1) is 18.8. The minimum atomic E-state index is -0.384. The summed E-state index contributed by atoms with van der Waals surface area (Å²) in [6.45, 7) is 2.28. The fourth-order valence-electron chi connectivity index (χ4n) is 5.77. The van der Waals surface area contributed by atoms with Crippen molar-refractivity contribution < 1.29 is 27.9 Å². The van der Waals surface area contributed by atoms with Crippen LogP contribution in [0.4, 0.5) is 4.39 Å². The number of nitrogens with one attached hydrogen (secondary N) is 2. The van der Waals surface area contributed by atoms with Gasteiger partial charge in [0.15, 0.2) is 0 Å². The largest absolute Gasteiger partial charge is 0.496 e. The Morgan fingerprint density at radius 2 is 1.72 bits per heavy atom. The number of furan rings is 1. The number of carbonyl (C=O) groups excluding carboxylic acids is 2. The maximum atomic E-state index is 13.6. The lowest BCUT2D eigenvalue weighted by molar-refractivity contribution is -0.0439. The van der Waals surface area contributed by atoms with E-state index in [2.05, 4.69) is 10.6 Å². The molecule has 0 saturated heterocycles. The van der Waals surface area contributed by atoms with E-state index in [1.165, 1.54) is 12.1 Å². The second kappa shape index (κ2) is 9.45. The Hall–Kier alpha value is -4.33. The van der Waals surface area contributed by atoms with E-state index in [0.29, 0.717) is 57.1 Å². The molecule has 200 valence electrons. The second-order valence-corrected chi connectivity index (χ2v) is 10.3. The van der Waals surface area contributed by atoms with Gasteiger partial charge in [-0.3, -0.25) is 9.59 Å². The summed E-state index contributed by atoms with van der Waals surface area (Å²) in [6, 6.07) is 14.8. The van der Waals surface area contributed by atoms with Crippen molar-refractivity contribution in [2.45, 2.75) is 31.7 Å². The van der Waals surface area contributed by atoms with Crippen LogP contribution in [0.1, 0.15) is 46.9 Å². The number of fused-ring (bicyclic) bond motifs is 1. The van der Waals surface area contributed by atoms with Gasteiger partial charge in [-0.25, -0.2) is 4.39 Å². The SMILES string of the molecule is CCOc1cc2oc(-c3ccc(F)cc3)c(C(=O)NC)c2cc1-c1ccc(OC)c(C(=O)NC23CC(C2)C3)c1. The lowest BCUT2D eigenvalue weighted by atomic mass is 9.50. The Morgan fingerprint density at radius 1 is 1.00 bits per heavy atom. The predicted molar refractivity (Wildman–Crippen MR) is 146 cm³/mol. The van der Waals surface area contributed by atoms with Crippen LogP contribution in [0.3, 0.4) is 0 Å². The minimum Gasteiger partial charge on any atom is -0.496 e. The van der Waals surface area contributed by atoms with Crippen LogP contribution < -0.4 is 20.1 Å². The van der Waals surface area contributed by atoms with Gasteiger partial charge in [0.1, 0.15) is 28.7 Å². The Morgan fingerprint density at radius 3 is 2.33 bits per heavy atom. The summed E-state index contributed by atoms with van der Waals surface area (Å²) in [7, 11) is 3.09. The molecule has 3 fully saturated rings. The number of ether oxygens (including phenoxy) is 2. The van der Waals surface area contributed by atoms with Gasteiger partial charge < -0.3 is 24.5 Å². The number of hydrogen-bond acceptors (Lipinski definition) is 5. The Bertz CT molecular complexity index is 1590. The van der Waals surface area contributed by atoms with E-state index in [4.69, 9.17) is 13.9 Å². The molecule has 39 heavy (non-hydrogen) atoms. The highest BCUT2D eigenvalue weighted by atomic mass is 19.1. The van der Waals surface area contributed by atoms with Gasteiger partial charge in [-0.05, 0) is 80.1 Å². The van der Waals surface area contributed by atoms with Crippen LogP contribution in [0.5, 0.6) is 11.5 Å². The van der Waals surface area contributed by atoms with E-state index in [9.17, 15) is 14.0 Å². The molecule has 7 nitrogen and oxygen atoms in total. The normalized spacial score (nSPS) is 19.1. The molecule has 3 aliphatic rings.